The van der Waals surface area contributed by atoms with Gasteiger partial charge in [0.05, 0.1) is 27.0 Å². The van der Waals surface area contributed by atoms with Crippen molar-refractivity contribution in [3.8, 4) is 17.6 Å². The standard InChI is InChI=1S/C23H27F3O6S/c24-23(25,26)19-9-8-18(21(27)31-14-15-33(28,29)30)16-20(19)32-22(11-4-5-12-22)13-10-17-6-2-1-3-7-17/h8-9,16-17H,1-7,11-12,14-15H2,(H,28,29,30)/p-1. The van der Waals surface area contributed by atoms with Crippen molar-refractivity contribution >= 4 is 16.1 Å². The first-order valence-corrected chi connectivity index (χ1v) is 12.6. The Morgan fingerprint density at radius 3 is 2.39 bits per heavy atom. The molecule has 0 atom stereocenters. The largest absolute Gasteiger partial charge is 0.748 e. The lowest BCUT2D eigenvalue weighted by Crippen LogP contribution is -2.32. The van der Waals surface area contributed by atoms with Crippen LogP contribution in [0.25, 0.3) is 0 Å². The van der Waals surface area contributed by atoms with E-state index in [4.69, 9.17) is 9.47 Å². The molecule has 1 aromatic carbocycles. The Balaban J connectivity index is 1.86. The van der Waals surface area contributed by atoms with Gasteiger partial charge in [0.25, 0.3) is 0 Å². The van der Waals surface area contributed by atoms with Gasteiger partial charge in [-0.1, -0.05) is 31.1 Å². The summed E-state index contributed by atoms with van der Waals surface area (Å²) in [7, 11) is -4.59. The number of rotatable bonds is 6. The predicted octanol–water partition coefficient (Wildman–Crippen LogP) is 4.68. The lowest BCUT2D eigenvalue weighted by Gasteiger charge is -2.27. The van der Waals surface area contributed by atoms with Crippen molar-refractivity contribution < 1.29 is 40.4 Å². The Kier molecular flexibility index (Phi) is 7.96. The number of benzene rings is 1. The quantitative estimate of drug-likeness (QED) is 0.329. The van der Waals surface area contributed by atoms with E-state index in [9.17, 15) is 30.9 Å². The van der Waals surface area contributed by atoms with Crippen LogP contribution in [0.2, 0.25) is 0 Å². The van der Waals surface area contributed by atoms with Crippen LogP contribution in [0.1, 0.15) is 73.7 Å². The summed E-state index contributed by atoms with van der Waals surface area (Å²) in [5, 5.41) is 0. The number of esters is 1. The molecule has 1 aromatic rings. The molecule has 182 valence electrons. The van der Waals surface area contributed by atoms with Crippen LogP contribution in [-0.4, -0.2) is 36.9 Å². The van der Waals surface area contributed by atoms with E-state index in [-0.39, 0.29) is 11.5 Å². The van der Waals surface area contributed by atoms with E-state index in [1.165, 1.54) is 6.42 Å². The molecule has 2 aliphatic carbocycles. The van der Waals surface area contributed by atoms with Gasteiger partial charge in [0.2, 0.25) is 0 Å². The molecule has 2 aliphatic rings. The van der Waals surface area contributed by atoms with E-state index in [1.807, 2.05) is 0 Å². The Labute approximate surface area is 191 Å². The van der Waals surface area contributed by atoms with Gasteiger partial charge in [-0.25, -0.2) is 13.2 Å². The highest BCUT2D eigenvalue weighted by Gasteiger charge is 2.40. The SMILES string of the molecule is O=C(OCCS(=O)(=O)[O-])c1ccc(C(F)(F)F)c(OC2(C#CC3CCCCC3)CCCC2)c1. The number of alkyl halides is 3. The van der Waals surface area contributed by atoms with Crippen molar-refractivity contribution in [2.24, 2.45) is 5.92 Å². The minimum Gasteiger partial charge on any atom is -0.748 e. The maximum absolute atomic E-state index is 13.7. The normalized spacial score (nSPS) is 18.9. The third-order valence-corrected chi connectivity index (χ3v) is 6.58. The van der Waals surface area contributed by atoms with E-state index in [1.54, 1.807) is 0 Å². The summed E-state index contributed by atoms with van der Waals surface area (Å²) in [5.41, 5.74) is -2.34. The first-order valence-electron chi connectivity index (χ1n) is 11.0. The fraction of sp³-hybridized carbons (Fsp3) is 0.609. The van der Waals surface area contributed by atoms with Gasteiger partial charge in [-0.05, 0) is 56.7 Å². The van der Waals surface area contributed by atoms with Gasteiger partial charge in [0.1, 0.15) is 12.4 Å². The maximum Gasteiger partial charge on any atom is 0.419 e. The van der Waals surface area contributed by atoms with Crippen LogP contribution in [0.3, 0.4) is 0 Å². The van der Waals surface area contributed by atoms with Crippen molar-refractivity contribution in [2.75, 3.05) is 12.4 Å². The van der Waals surface area contributed by atoms with Gasteiger partial charge >= 0.3 is 12.1 Å². The fourth-order valence-corrected chi connectivity index (χ4v) is 4.46. The Bertz CT molecular complexity index is 1010. The molecule has 10 heteroatoms. The molecule has 33 heavy (non-hydrogen) atoms. The van der Waals surface area contributed by atoms with Crippen molar-refractivity contribution in [3.63, 3.8) is 0 Å². The molecule has 0 bridgehead atoms. The fourth-order valence-electron chi connectivity index (χ4n) is 4.18. The van der Waals surface area contributed by atoms with E-state index in [0.717, 1.165) is 56.7 Å². The zero-order valence-electron chi connectivity index (χ0n) is 18.1. The number of hydrogen-bond donors (Lipinski definition) is 0. The van der Waals surface area contributed by atoms with Gasteiger partial charge in [-0.15, -0.1) is 0 Å². The van der Waals surface area contributed by atoms with Crippen LogP contribution in [0.4, 0.5) is 13.2 Å². The minimum absolute atomic E-state index is 0.209. The Morgan fingerprint density at radius 1 is 1.12 bits per heavy atom. The summed E-state index contributed by atoms with van der Waals surface area (Å²) >= 11 is 0. The van der Waals surface area contributed by atoms with Crippen LogP contribution in [0.5, 0.6) is 5.75 Å². The predicted molar refractivity (Wildman–Crippen MR) is 112 cm³/mol. The van der Waals surface area contributed by atoms with E-state index in [2.05, 4.69) is 11.8 Å². The number of carbonyl (C=O) groups is 1. The second-order valence-electron chi connectivity index (χ2n) is 8.51. The van der Waals surface area contributed by atoms with Crippen molar-refractivity contribution in [2.45, 2.75) is 69.6 Å². The molecule has 6 nitrogen and oxygen atoms in total. The number of carbonyl (C=O) groups excluding carboxylic acids is 1. The summed E-state index contributed by atoms with van der Waals surface area (Å²) in [6, 6.07) is 2.60. The lowest BCUT2D eigenvalue weighted by atomic mass is 9.89. The average molecular weight is 488 g/mol. The van der Waals surface area contributed by atoms with Gasteiger partial charge in [0.15, 0.2) is 5.60 Å². The first kappa shape index (κ1) is 25.4. The second-order valence-corrected chi connectivity index (χ2v) is 10.0. The zero-order valence-corrected chi connectivity index (χ0v) is 18.9. The number of hydrogen-bond acceptors (Lipinski definition) is 6. The molecule has 2 saturated carbocycles. The first-order chi connectivity index (χ1) is 15.5. The highest BCUT2D eigenvalue weighted by molar-refractivity contribution is 7.85. The topological polar surface area (TPSA) is 92.7 Å². The van der Waals surface area contributed by atoms with Gasteiger partial charge < -0.3 is 14.0 Å². The van der Waals surface area contributed by atoms with E-state index < -0.39 is 51.5 Å². The zero-order chi connectivity index (χ0) is 24.1. The summed E-state index contributed by atoms with van der Waals surface area (Å²) < 4.78 is 83.6. The molecular formula is C23H26F3O6S-. The van der Waals surface area contributed by atoms with Crippen LogP contribution in [0.15, 0.2) is 18.2 Å². The molecule has 0 radical (unpaired) electrons. The van der Waals surface area contributed by atoms with Crippen molar-refractivity contribution in [3.05, 3.63) is 29.3 Å². The molecule has 0 unspecified atom stereocenters. The number of ether oxygens (including phenoxy) is 2. The van der Waals surface area contributed by atoms with Crippen LogP contribution in [-0.2, 0) is 21.0 Å². The summed E-state index contributed by atoms with van der Waals surface area (Å²) in [6.07, 6.45) is 3.07. The molecule has 0 amide bonds. The third-order valence-electron chi connectivity index (χ3n) is 5.92. The summed E-state index contributed by atoms with van der Waals surface area (Å²) in [5.74, 6) is 4.07. The Hall–Kier alpha value is -2.25. The van der Waals surface area contributed by atoms with Crippen LogP contribution in [0, 0.1) is 17.8 Å². The molecule has 3 rings (SSSR count). The molecule has 2 fully saturated rings. The number of halogens is 3. The van der Waals surface area contributed by atoms with Crippen molar-refractivity contribution in [1.82, 2.24) is 0 Å². The highest BCUT2D eigenvalue weighted by atomic mass is 32.2. The maximum atomic E-state index is 13.7. The second kappa shape index (κ2) is 10.3. The molecule has 0 saturated heterocycles. The smallest absolute Gasteiger partial charge is 0.419 e. The van der Waals surface area contributed by atoms with Gasteiger partial charge in [-0.3, -0.25) is 0 Å². The molecule has 0 N–H and O–H groups in total. The lowest BCUT2D eigenvalue weighted by molar-refractivity contribution is -0.139. The minimum atomic E-state index is -4.72. The molecule has 0 heterocycles. The highest BCUT2D eigenvalue weighted by Crippen LogP contribution is 2.41. The molecular weight excluding hydrogens is 461 g/mol. The average Bonchev–Trinajstić information content (AvgIpc) is 3.20. The van der Waals surface area contributed by atoms with E-state index >= 15 is 0 Å². The molecule has 0 spiro atoms. The van der Waals surface area contributed by atoms with Crippen LogP contribution >= 0.6 is 0 Å². The summed E-state index contributed by atoms with van der Waals surface area (Å²) in [4.78, 5) is 12.2. The monoisotopic (exact) mass is 487 g/mol. The van der Waals surface area contributed by atoms with E-state index in [0.29, 0.717) is 12.8 Å². The molecule has 0 aliphatic heterocycles. The Morgan fingerprint density at radius 2 is 1.79 bits per heavy atom. The van der Waals surface area contributed by atoms with Crippen LogP contribution < -0.4 is 4.74 Å². The summed E-state index contributed by atoms with van der Waals surface area (Å²) in [6.45, 7) is -0.696. The van der Waals surface area contributed by atoms with Gasteiger partial charge in [-0.2, -0.15) is 13.2 Å². The van der Waals surface area contributed by atoms with Gasteiger partial charge in [0, 0.05) is 5.92 Å². The van der Waals surface area contributed by atoms with Crippen molar-refractivity contribution in [1.29, 1.82) is 0 Å². The third kappa shape index (κ3) is 7.37. The molecule has 0 aromatic heterocycles.